The van der Waals surface area contributed by atoms with Gasteiger partial charge >= 0.3 is 0 Å². The van der Waals surface area contributed by atoms with Crippen molar-refractivity contribution < 1.29 is 8.78 Å². The van der Waals surface area contributed by atoms with Crippen molar-refractivity contribution in [2.75, 3.05) is 31.5 Å². The Bertz CT molecular complexity index is 1470. The van der Waals surface area contributed by atoms with Gasteiger partial charge in [-0.3, -0.25) is 9.80 Å². The van der Waals surface area contributed by atoms with E-state index in [0.717, 1.165) is 44.4 Å². The Labute approximate surface area is 234 Å². The fraction of sp³-hybridized carbons (Fsp3) is 0.467. The van der Waals surface area contributed by atoms with Crippen molar-refractivity contribution in [2.45, 2.75) is 66.1 Å². The minimum atomic E-state index is -0.636. The molecule has 1 N–H and O–H groups in total. The third-order valence-electron chi connectivity index (χ3n) is 7.78. The van der Waals surface area contributed by atoms with E-state index in [2.05, 4.69) is 61.9 Å². The molecule has 1 fully saturated rings. The SMILES string of the molecule is CCC(c1ccc(Nc2ncc(F)c(-c3cc(F)c4nc(C)n(C(C)C)c4c3)n2)nc1)N1CCN(C(C)C)CC1. The van der Waals surface area contributed by atoms with E-state index < -0.39 is 11.6 Å². The highest BCUT2D eigenvalue weighted by Gasteiger charge is 2.25. The summed E-state index contributed by atoms with van der Waals surface area (Å²) >= 11 is 0. The number of aromatic nitrogens is 5. The summed E-state index contributed by atoms with van der Waals surface area (Å²) in [6.07, 6.45) is 3.97. The number of hydrogen-bond donors (Lipinski definition) is 1. The van der Waals surface area contributed by atoms with Crippen LogP contribution in [0, 0.1) is 18.6 Å². The first-order chi connectivity index (χ1) is 19.2. The maximum absolute atomic E-state index is 15.0. The average molecular weight is 549 g/mol. The predicted octanol–water partition coefficient (Wildman–Crippen LogP) is 6.28. The number of benzene rings is 1. The molecule has 0 spiro atoms. The number of halogens is 2. The highest BCUT2D eigenvalue weighted by Crippen LogP contribution is 2.31. The molecular formula is C30H38F2N8. The summed E-state index contributed by atoms with van der Waals surface area (Å²) in [5.74, 6) is 0.280. The maximum atomic E-state index is 15.0. The molecule has 1 atom stereocenters. The molecule has 40 heavy (non-hydrogen) atoms. The van der Waals surface area contributed by atoms with E-state index in [0.29, 0.717) is 34.8 Å². The first-order valence-corrected chi connectivity index (χ1v) is 14.1. The number of rotatable bonds is 8. The number of imidazole rings is 1. The summed E-state index contributed by atoms with van der Waals surface area (Å²) in [6.45, 7) is 16.7. The van der Waals surface area contributed by atoms with E-state index in [1.54, 1.807) is 6.07 Å². The quantitative estimate of drug-likeness (QED) is 0.278. The highest BCUT2D eigenvalue weighted by molar-refractivity contribution is 5.83. The van der Waals surface area contributed by atoms with Crippen LogP contribution in [0.15, 0.2) is 36.7 Å². The Hall–Kier alpha value is -3.50. The lowest BCUT2D eigenvalue weighted by Crippen LogP contribution is -2.49. The Kier molecular flexibility index (Phi) is 8.09. The van der Waals surface area contributed by atoms with Crippen molar-refractivity contribution in [3.63, 3.8) is 0 Å². The molecule has 0 saturated carbocycles. The van der Waals surface area contributed by atoms with Gasteiger partial charge in [-0.25, -0.2) is 28.7 Å². The van der Waals surface area contributed by atoms with Crippen molar-refractivity contribution in [3.8, 4) is 11.3 Å². The monoisotopic (exact) mass is 548 g/mol. The van der Waals surface area contributed by atoms with E-state index in [4.69, 9.17) is 0 Å². The van der Waals surface area contributed by atoms with Crippen LogP contribution >= 0.6 is 0 Å². The molecule has 0 bridgehead atoms. The van der Waals surface area contributed by atoms with Crippen molar-refractivity contribution in [1.82, 2.24) is 34.3 Å². The normalized spacial score (nSPS) is 15.8. The van der Waals surface area contributed by atoms with Crippen LogP contribution in [0.4, 0.5) is 20.5 Å². The number of hydrogen-bond acceptors (Lipinski definition) is 7. The van der Waals surface area contributed by atoms with Crippen LogP contribution in [-0.4, -0.2) is 66.5 Å². The highest BCUT2D eigenvalue weighted by atomic mass is 19.1. The number of nitrogens with zero attached hydrogens (tertiary/aromatic N) is 7. The van der Waals surface area contributed by atoms with Crippen LogP contribution < -0.4 is 5.32 Å². The number of pyridine rings is 1. The van der Waals surface area contributed by atoms with Crippen LogP contribution in [0.5, 0.6) is 0 Å². The van der Waals surface area contributed by atoms with Gasteiger partial charge in [0.15, 0.2) is 11.6 Å². The topological polar surface area (TPSA) is 75.0 Å². The summed E-state index contributed by atoms with van der Waals surface area (Å²) in [6, 6.07) is 7.90. The summed E-state index contributed by atoms with van der Waals surface area (Å²) in [4.78, 5) is 22.5. The molecule has 1 unspecified atom stereocenters. The minimum absolute atomic E-state index is 0.00988. The molecule has 0 radical (unpaired) electrons. The molecule has 1 saturated heterocycles. The summed E-state index contributed by atoms with van der Waals surface area (Å²) < 4.78 is 31.8. The standard InChI is InChI=1S/C30H38F2N8/c1-7-25(39-12-10-38(11-13-39)18(2)3)21-8-9-27(33-16-21)36-30-34-17-24(32)28(37-30)22-14-23(31)29-26(15-22)40(19(4)5)20(6)35-29/h8-9,14-19,25H,7,10-13H2,1-6H3,(H,33,34,36,37). The molecule has 10 heteroatoms. The van der Waals surface area contributed by atoms with Gasteiger partial charge in [0.25, 0.3) is 0 Å². The number of piperazine rings is 1. The van der Waals surface area contributed by atoms with Crippen LogP contribution in [0.3, 0.4) is 0 Å². The Morgan fingerprint density at radius 1 is 0.875 bits per heavy atom. The maximum Gasteiger partial charge on any atom is 0.229 e. The second kappa shape index (κ2) is 11.5. The zero-order valence-corrected chi connectivity index (χ0v) is 24.1. The minimum Gasteiger partial charge on any atom is -0.326 e. The number of nitrogens with one attached hydrogen (secondary N) is 1. The lowest BCUT2D eigenvalue weighted by atomic mass is 10.0. The second-order valence-electron chi connectivity index (χ2n) is 11.0. The zero-order chi connectivity index (χ0) is 28.6. The number of aryl methyl sites for hydroxylation is 1. The van der Waals surface area contributed by atoms with Gasteiger partial charge in [-0.2, -0.15) is 0 Å². The molecule has 5 rings (SSSR count). The number of fused-ring (bicyclic) bond motifs is 1. The molecule has 1 aliphatic rings. The van der Waals surface area contributed by atoms with Crippen LogP contribution in [-0.2, 0) is 0 Å². The number of anilines is 2. The van der Waals surface area contributed by atoms with Crippen LogP contribution in [0.1, 0.15) is 64.5 Å². The van der Waals surface area contributed by atoms with E-state index in [1.807, 2.05) is 37.6 Å². The van der Waals surface area contributed by atoms with E-state index in [1.165, 1.54) is 6.07 Å². The first kappa shape index (κ1) is 28.0. The fourth-order valence-electron chi connectivity index (χ4n) is 5.75. The van der Waals surface area contributed by atoms with Gasteiger partial charge in [-0.05, 0) is 64.8 Å². The largest absolute Gasteiger partial charge is 0.326 e. The van der Waals surface area contributed by atoms with E-state index in [9.17, 15) is 4.39 Å². The van der Waals surface area contributed by atoms with Gasteiger partial charge < -0.3 is 9.88 Å². The molecule has 212 valence electrons. The molecule has 1 aliphatic heterocycles. The third-order valence-corrected chi connectivity index (χ3v) is 7.78. The summed E-state index contributed by atoms with van der Waals surface area (Å²) in [5, 5.41) is 3.08. The molecule has 4 heterocycles. The molecular weight excluding hydrogens is 510 g/mol. The Balaban J connectivity index is 1.36. The molecule has 3 aromatic heterocycles. The van der Waals surface area contributed by atoms with Crippen molar-refractivity contribution in [1.29, 1.82) is 0 Å². The van der Waals surface area contributed by atoms with E-state index in [-0.39, 0.29) is 23.2 Å². The fourth-order valence-corrected chi connectivity index (χ4v) is 5.75. The molecule has 4 aromatic rings. The zero-order valence-electron chi connectivity index (χ0n) is 24.1. The lowest BCUT2D eigenvalue weighted by Gasteiger charge is -2.40. The van der Waals surface area contributed by atoms with Gasteiger partial charge in [-0.15, -0.1) is 0 Å². The van der Waals surface area contributed by atoms with E-state index >= 15 is 4.39 Å². The molecule has 0 aliphatic carbocycles. The third kappa shape index (κ3) is 5.55. The van der Waals surface area contributed by atoms with Gasteiger partial charge in [0, 0.05) is 56.1 Å². The Morgan fingerprint density at radius 2 is 1.60 bits per heavy atom. The predicted molar refractivity (Wildman–Crippen MR) is 155 cm³/mol. The second-order valence-corrected chi connectivity index (χ2v) is 11.0. The molecule has 8 nitrogen and oxygen atoms in total. The van der Waals surface area contributed by atoms with Crippen molar-refractivity contribution in [2.24, 2.45) is 0 Å². The smallest absolute Gasteiger partial charge is 0.229 e. The van der Waals surface area contributed by atoms with Gasteiger partial charge in [0.1, 0.15) is 22.9 Å². The summed E-state index contributed by atoms with van der Waals surface area (Å²) in [5.41, 5.74) is 2.35. The summed E-state index contributed by atoms with van der Waals surface area (Å²) in [7, 11) is 0. The van der Waals surface area contributed by atoms with Crippen molar-refractivity contribution >= 4 is 22.8 Å². The van der Waals surface area contributed by atoms with Crippen LogP contribution in [0.2, 0.25) is 0 Å². The lowest BCUT2D eigenvalue weighted by molar-refractivity contribution is 0.0762. The average Bonchev–Trinajstić information content (AvgIpc) is 3.28. The van der Waals surface area contributed by atoms with Gasteiger partial charge in [0.2, 0.25) is 5.95 Å². The molecule has 1 aromatic carbocycles. The van der Waals surface area contributed by atoms with Crippen molar-refractivity contribution in [3.05, 3.63) is 59.7 Å². The van der Waals surface area contributed by atoms with Crippen LogP contribution in [0.25, 0.3) is 22.3 Å². The molecule has 0 amide bonds. The van der Waals surface area contributed by atoms with Gasteiger partial charge in [0.05, 0.1) is 11.7 Å². The first-order valence-electron chi connectivity index (χ1n) is 14.1. The van der Waals surface area contributed by atoms with Gasteiger partial charge in [-0.1, -0.05) is 13.0 Å². The Morgan fingerprint density at radius 3 is 2.23 bits per heavy atom.